The SMILES string of the molecule is COc1ccc2c(c1OC)C(=O)O[C@@H]2Nc1nc(-c2cc3ccccc3oc2=O)cs1. The smallest absolute Gasteiger partial charge is 0.345 e. The number of nitrogens with one attached hydrogen (secondary N) is 1. The highest BCUT2D eigenvalue weighted by Crippen LogP contribution is 2.42. The molecule has 31 heavy (non-hydrogen) atoms. The van der Waals surface area contributed by atoms with Crippen LogP contribution in [0, 0.1) is 0 Å². The minimum atomic E-state index is -0.741. The van der Waals surface area contributed by atoms with Gasteiger partial charge in [0.2, 0.25) is 6.23 Å². The van der Waals surface area contributed by atoms with E-state index in [0.717, 1.165) is 5.39 Å². The molecule has 1 atom stereocenters. The zero-order chi connectivity index (χ0) is 21.5. The van der Waals surface area contributed by atoms with Crippen molar-refractivity contribution in [2.24, 2.45) is 0 Å². The molecule has 8 nitrogen and oxygen atoms in total. The van der Waals surface area contributed by atoms with Crippen LogP contribution in [-0.2, 0) is 4.74 Å². The highest BCUT2D eigenvalue weighted by Gasteiger charge is 2.36. The number of ether oxygens (including phenoxy) is 3. The summed E-state index contributed by atoms with van der Waals surface area (Å²) in [5.41, 5.74) is 1.81. The van der Waals surface area contributed by atoms with Gasteiger partial charge in [-0.15, -0.1) is 11.3 Å². The van der Waals surface area contributed by atoms with E-state index in [1.54, 1.807) is 35.7 Å². The molecule has 1 aliphatic rings. The van der Waals surface area contributed by atoms with Gasteiger partial charge in [-0.1, -0.05) is 18.2 Å². The lowest BCUT2D eigenvalue weighted by atomic mass is 10.1. The largest absolute Gasteiger partial charge is 0.493 e. The Balaban J connectivity index is 1.46. The summed E-state index contributed by atoms with van der Waals surface area (Å²) in [6.45, 7) is 0. The summed E-state index contributed by atoms with van der Waals surface area (Å²) >= 11 is 1.29. The molecule has 9 heteroatoms. The van der Waals surface area contributed by atoms with E-state index in [1.807, 2.05) is 12.1 Å². The molecule has 0 aliphatic carbocycles. The molecular weight excluding hydrogens is 420 g/mol. The van der Waals surface area contributed by atoms with Crippen molar-refractivity contribution in [3.63, 3.8) is 0 Å². The number of esters is 1. The number of cyclic esters (lactones) is 1. The number of thiazole rings is 1. The topological polar surface area (TPSA) is 99.9 Å². The molecule has 0 spiro atoms. The third-order valence-corrected chi connectivity index (χ3v) is 5.74. The van der Waals surface area contributed by atoms with Crippen LogP contribution in [0.25, 0.3) is 22.2 Å². The third kappa shape index (κ3) is 3.19. The van der Waals surface area contributed by atoms with Gasteiger partial charge in [-0.3, -0.25) is 0 Å². The average molecular weight is 436 g/mol. The van der Waals surface area contributed by atoms with Crippen LogP contribution in [0.1, 0.15) is 22.1 Å². The van der Waals surface area contributed by atoms with Gasteiger partial charge in [0, 0.05) is 16.3 Å². The quantitative estimate of drug-likeness (QED) is 0.367. The second-order valence-electron chi connectivity index (χ2n) is 6.72. The van der Waals surface area contributed by atoms with Gasteiger partial charge >= 0.3 is 11.6 Å². The van der Waals surface area contributed by atoms with Gasteiger partial charge in [0.15, 0.2) is 16.6 Å². The van der Waals surface area contributed by atoms with E-state index in [2.05, 4.69) is 10.3 Å². The molecule has 2 aromatic heterocycles. The van der Waals surface area contributed by atoms with Crippen LogP contribution in [0.5, 0.6) is 11.5 Å². The zero-order valence-electron chi connectivity index (χ0n) is 16.5. The van der Waals surface area contributed by atoms with E-state index < -0.39 is 17.8 Å². The molecule has 156 valence electrons. The molecule has 0 fully saturated rings. The standard InChI is InChI=1S/C22H16N2O6S/c1-27-16-8-7-12-17(18(16)28-2)21(26)30-19(12)24-22-23-14(10-31-22)13-9-11-5-3-4-6-15(11)29-20(13)25/h3-10,19H,1-2H3,(H,23,24)/t19-/m0/s1. The number of carbonyl (C=O) groups excluding carboxylic acids is 1. The summed E-state index contributed by atoms with van der Waals surface area (Å²) in [5.74, 6) is 0.247. The van der Waals surface area contributed by atoms with E-state index >= 15 is 0 Å². The molecule has 0 unspecified atom stereocenters. The fraction of sp³-hybridized carbons (Fsp3) is 0.136. The van der Waals surface area contributed by atoms with Gasteiger partial charge < -0.3 is 23.9 Å². The Kier molecular flexibility index (Phi) is 4.59. The van der Waals surface area contributed by atoms with Crippen LogP contribution in [0.3, 0.4) is 0 Å². The molecule has 0 bridgehead atoms. The fourth-order valence-corrected chi connectivity index (χ4v) is 4.25. The first kappa shape index (κ1) is 19.1. The molecule has 0 radical (unpaired) electrons. The molecule has 1 N–H and O–H groups in total. The Morgan fingerprint density at radius 3 is 2.74 bits per heavy atom. The first-order valence-corrected chi connectivity index (χ1v) is 10.2. The first-order chi connectivity index (χ1) is 15.1. The van der Waals surface area contributed by atoms with Gasteiger partial charge in [-0.05, 0) is 24.3 Å². The van der Waals surface area contributed by atoms with Gasteiger partial charge in [-0.2, -0.15) is 0 Å². The number of nitrogens with zero attached hydrogens (tertiary/aromatic N) is 1. The number of hydrogen-bond donors (Lipinski definition) is 1. The Morgan fingerprint density at radius 1 is 1.10 bits per heavy atom. The van der Waals surface area contributed by atoms with Gasteiger partial charge in [0.05, 0.1) is 25.5 Å². The normalized spacial score (nSPS) is 14.9. The molecule has 3 heterocycles. The molecule has 4 aromatic rings. The summed E-state index contributed by atoms with van der Waals surface area (Å²) in [5, 5.41) is 6.14. The Morgan fingerprint density at radius 2 is 1.94 bits per heavy atom. The van der Waals surface area contributed by atoms with Crippen LogP contribution in [0.2, 0.25) is 0 Å². The van der Waals surface area contributed by atoms with Crippen LogP contribution in [0.4, 0.5) is 5.13 Å². The van der Waals surface area contributed by atoms with Crippen molar-refractivity contribution in [2.75, 3.05) is 19.5 Å². The second-order valence-corrected chi connectivity index (χ2v) is 7.58. The van der Waals surface area contributed by atoms with Crippen molar-refractivity contribution >= 4 is 33.4 Å². The number of carbonyl (C=O) groups is 1. The first-order valence-electron chi connectivity index (χ1n) is 9.30. The summed E-state index contributed by atoms with van der Waals surface area (Å²) in [6, 6.07) is 12.5. The molecular formula is C22H16N2O6S. The van der Waals surface area contributed by atoms with Gasteiger partial charge in [0.1, 0.15) is 11.1 Å². The molecule has 0 saturated carbocycles. The summed E-state index contributed by atoms with van der Waals surface area (Å²) < 4.78 is 21.5. The Bertz CT molecular complexity index is 1380. The van der Waals surface area contributed by atoms with Crippen molar-refractivity contribution in [1.82, 2.24) is 4.98 Å². The van der Waals surface area contributed by atoms with Crippen molar-refractivity contribution in [3.8, 4) is 22.8 Å². The maximum absolute atomic E-state index is 12.4. The number of rotatable bonds is 5. The average Bonchev–Trinajstić information content (AvgIpc) is 3.37. The predicted octanol–water partition coefficient (Wildman–Crippen LogP) is 4.21. The van der Waals surface area contributed by atoms with Crippen LogP contribution in [0.15, 0.2) is 57.1 Å². The molecule has 5 rings (SSSR count). The minimum absolute atomic E-state index is 0.311. The number of anilines is 1. The molecule has 2 aromatic carbocycles. The number of benzene rings is 2. The highest BCUT2D eigenvalue weighted by molar-refractivity contribution is 7.14. The minimum Gasteiger partial charge on any atom is -0.493 e. The number of hydrogen-bond acceptors (Lipinski definition) is 9. The van der Waals surface area contributed by atoms with Crippen molar-refractivity contribution in [2.45, 2.75) is 6.23 Å². The lowest BCUT2D eigenvalue weighted by molar-refractivity contribution is 0.0435. The van der Waals surface area contributed by atoms with E-state index in [0.29, 0.717) is 44.6 Å². The van der Waals surface area contributed by atoms with Gasteiger partial charge in [-0.25, -0.2) is 14.6 Å². The third-order valence-electron chi connectivity index (χ3n) is 4.97. The number of methoxy groups -OCH3 is 2. The van der Waals surface area contributed by atoms with E-state index in [1.165, 1.54) is 25.6 Å². The van der Waals surface area contributed by atoms with E-state index in [9.17, 15) is 9.59 Å². The van der Waals surface area contributed by atoms with Crippen LogP contribution >= 0.6 is 11.3 Å². The number of para-hydroxylation sites is 1. The Labute approximate surface area is 180 Å². The van der Waals surface area contributed by atoms with Crippen LogP contribution < -0.4 is 20.4 Å². The molecule has 0 saturated heterocycles. The summed E-state index contributed by atoms with van der Waals surface area (Å²) in [6.07, 6.45) is -0.741. The lowest BCUT2D eigenvalue weighted by Crippen LogP contribution is -2.10. The second kappa shape index (κ2) is 7.44. The maximum atomic E-state index is 12.4. The number of aromatic nitrogens is 1. The van der Waals surface area contributed by atoms with Crippen LogP contribution in [-0.4, -0.2) is 25.2 Å². The zero-order valence-corrected chi connectivity index (χ0v) is 17.3. The maximum Gasteiger partial charge on any atom is 0.345 e. The molecule has 1 aliphatic heterocycles. The van der Waals surface area contributed by atoms with Gasteiger partial charge in [0.25, 0.3) is 0 Å². The van der Waals surface area contributed by atoms with E-state index in [-0.39, 0.29) is 0 Å². The van der Waals surface area contributed by atoms with E-state index in [4.69, 9.17) is 18.6 Å². The lowest BCUT2D eigenvalue weighted by Gasteiger charge is -2.13. The highest BCUT2D eigenvalue weighted by atomic mass is 32.1. The van der Waals surface area contributed by atoms with Crippen molar-refractivity contribution < 1.29 is 23.4 Å². The monoisotopic (exact) mass is 436 g/mol. The Hall–Kier alpha value is -3.85. The number of fused-ring (bicyclic) bond motifs is 2. The predicted molar refractivity (Wildman–Crippen MR) is 115 cm³/mol. The summed E-state index contributed by atoms with van der Waals surface area (Å²) in [4.78, 5) is 29.3. The van der Waals surface area contributed by atoms with Crippen molar-refractivity contribution in [1.29, 1.82) is 0 Å². The fourth-order valence-electron chi connectivity index (χ4n) is 3.52. The van der Waals surface area contributed by atoms with Crippen molar-refractivity contribution in [3.05, 3.63) is 69.4 Å². The summed E-state index contributed by atoms with van der Waals surface area (Å²) in [7, 11) is 2.97. The molecule has 0 amide bonds.